The van der Waals surface area contributed by atoms with Crippen LogP contribution in [0.4, 0.5) is 0 Å². The lowest BCUT2D eigenvalue weighted by Gasteiger charge is -2.30. The molecule has 0 bridgehead atoms. The molecule has 0 spiro atoms. The lowest BCUT2D eigenvalue weighted by atomic mass is 10.0. The molecular weight excluding hydrogens is 1120 g/mol. The number of nitrogens with zero attached hydrogens (tertiary/aromatic N) is 1. The molecule has 3 unspecified atom stereocenters. The molecule has 1 N–H and O–H groups in total. The number of esters is 1. The number of phosphoric ester groups is 1. The van der Waals surface area contributed by atoms with Gasteiger partial charge < -0.3 is 28.5 Å². The van der Waals surface area contributed by atoms with Crippen molar-refractivity contribution in [3.63, 3.8) is 0 Å². The number of carbonyl (C=O) groups is 2. The Morgan fingerprint density at radius 2 is 0.719 bits per heavy atom. The number of amides is 1. The van der Waals surface area contributed by atoms with E-state index in [-0.39, 0.29) is 24.9 Å². The van der Waals surface area contributed by atoms with Gasteiger partial charge in [0.1, 0.15) is 19.3 Å². The van der Waals surface area contributed by atoms with Crippen molar-refractivity contribution in [3.05, 3.63) is 158 Å². The van der Waals surface area contributed by atoms with Gasteiger partial charge in [-0.3, -0.25) is 14.2 Å². The molecule has 0 rings (SSSR count). The standard InChI is InChI=1S/C79H133N2O7P/c1-7-10-13-16-19-22-25-28-30-32-34-36-38-39-40-41-43-44-46-48-50-53-56-59-62-65-68-71-78(82)80-76(75-87-89(84,85)86-74-73-81(4,5)6)77(70-67-64-61-58-55-52-27-24-21-18-15-12-9-3)88-79(83)72-69-66-63-60-57-54-51-49-47-45-42-37-35-33-31-29-26-23-20-17-14-11-8-2/h10-11,13-14,19-20,22-23,28-31,34-37,39-40,43-45,47,51,54,67,70,76-77H,7-9,12,15-18,21,24-27,32-33,38,41-42,46,48-50,52-53,55-66,68-69,71-75H2,1-6H3,(H-,80,82,84,85)/b13-10-,14-11-,22-19-,23-20-,30-28-,31-29-,36-34-,37-35-,40-39-,44-43-,47-45-,54-51-,70-67-. The first-order valence-corrected chi connectivity index (χ1v) is 37.3. The molecule has 0 fully saturated rings. The van der Waals surface area contributed by atoms with Crippen LogP contribution in [0.3, 0.4) is 0 Å². The Morgan fingerprint density at radius 1 is 0.404 bits per heavy atom. The lowest BCUT2D eigenvalue weighted by Crippen LogP contribution is -2.47. The van der Waals surface area contributed by atoms with E-state index in [9.17, 15) is 19.0 Å². The van der Waals surface area contributed by atoms with Crippen molar-refractivity contribution in [2.45, 2.75) is 290 Å². The second kappa shape index (κ2) is 66.5. The number of nitrogens with one attached hydrogen (secondary N) is 1. The average molecular weight is 1250 g/mol. The van der Waals surface area contributed by atoms with Gasteiger partial charge >= 0.3 is 5.97 Å². The zero-order chi connectivity index (χ0) is 64.9. The van der Waals surface area contributed by atoms with E-state index in [4.69, 9.17) is 13.8 Å². The second-order valence-corrected chi connectivity index (χ2v) is 26.0. The highest BCUT2D eigenvalue weighted by Gasteiger charge is 2.27. The number of quaternary nitrogens is 1. The van der Waals surface area contributed by atoms with Crippen LogP contribution in [0.25, 0.3) is 0 Å². The lowest BCUT2D eigenvalue weighted by molar-refractivity contribution is -0.870. The summed E-state index contributed by atoms with van der Waals surface area (Å²) in [5.74, 6) is -0.588. The predicted octanol–water partition coefficient (Wildman–Crippen LogP) is 22.5. The zero-order valence-electron chi connectivity index (χ0n) is 57.8. The van der Waals surface area contributed by atoms with Crippen LogP contribution >= 0.6 is 7.82 Å². The van der Waals surface area contributed by atoms with Crippen molar-refractivity contribution in [2.75, 3.05) is 40.9 Å². The van der Waals surface area contributed by atoms with E-state index >= 15 is 0 Å². The van der Waals surface area contributed by atoms with Crippen molar-refractivity contribution in [1.82, 2.24) is 5.32 Å². The topological polar surface area (TPSA) is 114 Å². The van der Waals surface area contributed by atoms with Gasteiger partial charge in [0.15, 0.2) is 0 Å². The van der Waals surface area contributed by atoms with Crippen molar-refractivity contribution in [3.8, 4) is 0 Å². The molecule has 10 heteroatoms. The normalized spacial score (nSPS) is 14.5. The largest absolute Gasteiger partial charge is 0.756 e. The maximum Gasteiger partial charge on any atom is 0.306 e. The van der Waals surface area contributed by atoms with Crippen LogP contribution in [0.2, 0.25) is 0 Å². The minimum atomic E-state index is -4.73. The van der Waals surface area contributed by atoms with Crippen LogP contribution < -0.4 is 10.2 Å². The summed E-state index contributed by atoms with van der Waals surface area (Å²) in [7, 11) is 1.14. The fraction of sp³-hybridized carbons (Fsp3) is 0.646. The highest BCUT2D eigenvalue weighted by atomic mass is 31.2. The van der Waals surface area contributed by atoms with Crippen LogP contribution in [0.1, 0.15) is 278 Å². The Labute approximate surface area is 548 Å². The SMILES string of the molecule is CC/C=C\C/C=C\C/C=C\C/C=C\C/C=C\C/C=C\CCCCCCCCCCC(=O)NC(COP(=O)([O-])OCC[N+](C)(C)C)C(/C=C\CCCCCCCCCCCCC)OC(=O)CCCCCC/C=C\C/C=C\C/C=C\C/C=C\C/C=C\C/C=C\CC. The molecule has 506 valence electrons. The van der Waals surface area contributed by atoms with Gasteiger partial charge in [0, 0.05) is 12.8 Å². The van der Waals surface area contributed by atoms with Crippen LogP contribution in [0, 0.1) is 0 Å². The molecule has 1 amide bonds. The zero-order valence-corrected chi connectivity index (χ0v) is 58.7. The summed E-state index contributed by atoms with van der Waals surface area (Å²) in [5, 5.41) is 3.03. The Bertz CT molecular complexity index is 2080. The van der Waals surface area contributed by atoms with Crippen molar-refractivity contribution in [2.24, 2.45) is 0 Å². The first-order chi connectivity index (χ1) is 43.4. The molecule has 3 atom stereocenters. The van der Waals surface area contributed by atoms with Gasteiger partial charge in [0.2, 0.25) is 5.91 Å². The highest BCUT2D eigenvalue weighted by Crippen LogP contribution is 2.38. The fourth-order valence-electron chi connectivity index (χ4n) is 9.53. The van der Waals surface area contributed by atoms with Gasteiger partial charge in [-0.15, -0.1) is 0 Å². The third-order valence-electron chi connectivity index (χ3n) is 15.0. The number of likely N-dealkylation sites (N-methyl/N-ethyl adjacent to an activating group) is 1. The summed E-state index contributed by atoms with van der Waals surface area (Å²) in [6, 6.07) is -0.918. The first-order valence-electron chi connectivity index (χ1n) is 35.8. The number of rotatable bonds is 63. The molecule has 89 heavy (non-hydrogen) atoms. The molecule has 0 aromatic heterocycles. The smallest absolute Gasteiger partial charge is 0.306 e. The van der Waals surface area contributed by atoms with Crippen LogP contribution in [-0.2, 0) is 27.9 Å². The minimum Gasteiger partial charge on any atom is -0.756 e. The summed E-state index contributed by atoms with van der Waals surface area (Å²) in [6.07, 6.45) is 97.9. The number of hydrogen-bond donors (Lipinski definition) is 1. The molecule has 0 aromatic carbocycles. The number of hydrogen-bond acceptors (Lipinski definition) is 7. The molecule has 0 aliphatic carbocycles. The Morgan fingerprint density at radius 3 is 1.08 bits per heavy atom. The molecule has 0 aromatic rings. The summed E-state index contributed by atoms with van der Waals surface area (Å²) < 4.78 is 30.4. The van der Waals surface area contributed by atoms with Gasteiger partial charge in [-0.1, -0.05) is 288 Å². The van der Waals surface area contributed by atoms with E-state index in [1.807, 2.05) is 33.3 Å². The van der Waals surface area contributed by atoms with Gasteiger partial charge in [-0.05, 0) is 134 Å². The number of unbranched alkanes of at least 4 members (excludes halogenated alkanes) is 23. The molecule has 0 aliphatic rings. The molecule has 9 nitrogen and oxygen atoms in total. The summed E-state index contributed by atoms with van der Waals surface area (Å²) in [5.41, 5.74) is 0. The predicted molar refractivity (Wildman–Crippen MR) is 385 cm³/mol. The Balaban J connectivity index is 5.20. The number of ether oxygens (including phenoxy) is 1. The molecule has 0 heterocycles. The van der Waals surface area contributed by atoms with E-state index in [0.717, 1.165) is 154 Å². The quantitative estimate of drug-likeness (QED) is 0.0212. The molecule has 0 radical (unpaired) electrons. The molecule has 0 aliphatic heterocycles. The molecular formula is C79H133N2O7P. The minimum absolute atomic E-state index is 0.0374. The molecule has 0 saturated carbocycles. The fourth-order valence-corrected chi connectivity index (χ4v) is 10.3. The molecule has 0 saturated heterocycles. The van der Waals surface area contributed by atoms with Gasteiger partial charge in [-0.25, -0.2) is 0 Å². The van der Waals surface area contributed by atoms with Crippen molar-refractivity contribution >= 4 is 19.7 Å². The third kappa shape index (κ3) is 67.8. The van der Waals surface area contributed by atoms with Crippen LogP contribution in [-0.4, -0.2) is 69.4 Å². The number of carbonyl (C=O) groups excluding carboxylic acids is 2. The Kier molecular flexibility index (Phi) is 63.3. The van der Waals surface area contributed by atoms with E-state index in [1.165, 1.54) is 83.5 Å². The summed E-state index contributed by atoms with van der Waals surface area (Å²) >= 11 is 0. The van der Waals surface area contributed by atoms with Crippen molar-refractivity contribution in [1.29, 1.82) is 0 Å². The second-order valence-electron chi connectivity index (χ2n) is 24.6. The van der Waals surface area contributed by atoms with Crippen LogP contribution in [0.5, 0.6) is 0 Å². The number of phosphoric acid groups is 1. The Hall–Kier alpha value is -4.37. The third-order valence-corrected chi connectivity index (χ3v) is 15.9. The highest BCUT2D eigenvalue weighted by molar-refractivity contribution is 7.45. The summed E-state index contributed by atoms with van der Waals surface area (Å²) in [6.45, 7) is 6.59. The maximum absolute atomic E-state index is 13.6. The monoisotopic (exact) mass is 1250 g/mol. The van der Waals surface area contributed by atoms with E-state index in [0.29, 0.717) is 23.9 Å². The van der Waals surface area contributed by atoms with E-state index < -0.39 is 26.6 Å². The van der Waals surface area contributed by atoms with E-state index in [1.54, 1.807) is 0 Å². The number of allylic oxidation sites excluding steroid dienone is 25. The van der Waals surface area contributed by atoms with Gasteiger partial charge in [0.25, 0.3) is 7.82 Å². The van der Waals surface area contributed by atoms with Crippen molar-refractivity contribution < 1.29 is 37.3 Å². The van der Waals surface area contributed by atoms with E-state index in [2.05, 4.69) is 172 Å². The van der Waals surface area contributed by atoms with Gasteiger partial charge in [0.05, 0.1) is 33.8 Å². The maximum atomic E-state index is 13.6. The van der Waals surface area contributed by atoms with Gasteiger partial charge in [-0.2, -0.15) is 0 Å². The summed E-state index contributed by atoms with van der Waals surface area (Å²) in [4.78, 5) is 40.2. The average Bonchev–Trinajstić information content (AvgIpc) is 3.65. The van der Waals surface area contributed by atoms with Crippen LogP contribution in [0.15, 0.2) is 158 Å². The first kappa shape index (κ1) is 84.6.